The molecule has 1 aromatic rings. The van der Waals surface area contributed by atoms with Crippen molar-refractivity contribution in [3.05, 3.63) is 33.7 Å². The fourth-order valence-corrected chi connectivity index (χ4v) is 5.46. The highest BCUT2D eigenvalue weighted by atomic mass is 33.1. The lowest BCUT2D eigenvalue weighted by atomic mass is 9.78. The average Bonchev–Trinajstić information content (AvgIpc) is 2.65. The molecule has 2 rings (SSSR count). The van der Waals surface area contributed by atoms with E-state index in [0.717, 1.165) is 22.4 Å². The summed E-state index contributed by atoms with van der Waals surface area (Å²) in [6, 6.07) is 4.24. The van der Waals surface area contributed by atoms with Gasteiger partial charge in [-0.1, -0.05) is 41.5 Å². The second kappa shape index (κ2) is 5.72. The predicted octanol–water partition coefficient (Wildman–Crippen LogP) is 5.77. The Kier molecular flexibility index (Phi) is 4.58. The van der Waals surface area contributed by atoms with Gasteiger partial charge in [0.25, 0.3) is 0 Å². The Morgan fingerprint density at radius 2 is 1.45 bits per heavy atom. The molecule has 1 aromatic carbocycles. The summed E-state index contributed by atoms with van der Waals surface area (Å²) in [7, 11) is 1.84. The van der Waals surface area contributed by atoms with E-state index in [0.29, 0.717) is 5.75 Å². The lowest BCUT2D eigenvalue weighted by Crippen LogP contribution is -2.17. The summed E-state index contributed by atoms with van der Waals surface area (Å²) in [4.78, 5) is 1.27. The second-order valence-electron chi connectivity index (χ2n) is 7.92. The van der Waals surface area contributed by atoms with Crippen molar-refractivity contribution in [1.29, 1.82) is 0 Å². The van der Waals surface area contributed by atoms with Gasteiger partial charge in [-0.2, -0.15) is 0 Å². The van der Waals surface area contributed by atoms with E-state index >= 15 is 0 Å². The van der Waals surface area contributed by atoms with Crippen molar-refractivity contribution in [2.24, 2.45) is 4.36 Å². The topological polar surface area (TPSA) is 32.6 Å². The smallest absolute Gasteiger partial charge is 0.123 e. The van der Waals surface area contributed by atoms with E-state index in [1.807, 2.05) is 10.8 Å². The largest absolute Gasteiger partial charge is 0.507 e. The molecular formula is C18H27NOS2. The summed E-state index contributed by atoms with van der Waals surface area (Å²) in [5.41, 5.74) is 4.01. The van der Waals surface area contributed by atoms with Crippen LogP contribution in [-0.4, -0.2) is 11.4 Å². The van der Waals surface area contributed by atoms with E-state index in [1.54, 1.807) is 0 Å². The third-order valence-corrected chi connectivity index (χ3v) is 6.62. The zero-order chi connectivity index (χ0) is 16.9. The molecule has 0 spiro atoms. The number of hydrogen-bond acceptors (Lipinski definition) is 3. The monoisotopic (exact) mass is 337 g/mol. The van der Waals surface area contributed by atoms with Crippen LogP contribution in [0.1, 0.15) is 65.2 Å². The van der Waals surface area contributed by atoms with Crippen LogP contribution in [0.4, 0.5) is 0 Å². The van der Waals surface area contributed by atoms with E-state index in [9.17, 15) is 5.11 Å². The average molecular weight is 338 g/mol. The van der Waals surface area contributed by atoms with Crippen LogP contribution >= 0.6 is 10.8 Å². The first-order chi connectivity index (χ1) is 9.91. The van der Waals surface area contributed by atoms with Gasteiger partial charge in [-0.15, -0.1) is 0 Å². The van der Waals surface area contributed by atoms with Crippen molar-refractivity contribution >= 4 is 26.2 Å². The molecule has 0 saturated carbocycles. The van der Waals surface area contributed by atoms with Crippen molar-refractivity contribution in [2.75, 3.05) is 6.26 Å². The van der Waals surface area contributed by atoms with Crippen molar-refractivity contribution in [3.63, 3.8) is 0 Å². The Balaban J connectivity index is 2.75. The summed E-state index contributed by atoms with van der Waals surface area (Å²) in [6.07, 6.45) is 2.15. The summed E-state index contributed by atoms with van der Waals surface area (Å²) in [5, 5.41) is 10.8. The SMILES string of the molecule is CC1=C(c2cc(C(C)(C)C)c(O)c(C(C)(C)C)c2)N=S(C)S1. The van der Waals surface area contributed by atoms with Crippen molar-refractivity contribution in [3.8, 4) is 5.75 Å². The molecule has 0 radical (unpaired) electrons. The molecule has 0 aromatic heterocycles. The molecule has 1 N–H and O–H groups in total. The minimum Gasteiger partial charge on any atom is -0.507 e. The molecule has 122 valence electrons. The third kappa shape index (κ3) is 3.43. The van der Waals surface area contributed by atoms with Gasteiger partial charge in [0.15, 0.2) is 0 Å². The number of aromatic hydroxyl groups is 1. The quantitative estimate of drug-likeness (QED) is 0.660. The van der Waals surface area contributed by atoms with Gasteiger partial charge < -0.3 is 5.11 Å². The minimum absolute atomic E-state index is 0.0107. The number of allylic oxidation sites excluding steroid dienone is 1. The molecule has 1 aliphatic heterocycles. The Bertz CT molecular complexity index is 638. The van der Waals surface area contributed by atoms with Crippen LogP contribution in [0.3, 0.4) is 0 Å². The van der Waals surface area contributed by atoms with Crippen molar-refractivity contribution < 1.29 is 5.11 Å². The Hall–Kier alpha value is -0.740. The number of rotatable bonds is 1. The maximum Gasteiger partial charge on any atom is 0.123 e. The molecule has 4 heteroatoms. The first-order valence-electron chi connectivity index (χ1n) is 7.56. The van der Waals surface area contributed by atoms with Gasteiger partial charge in [-0.3, -0.25) is 0 Å². The van der Waals surface area contributed by atoms with Crippen LogP contribution in [0.15, 0.2) is 21.4 Å². The molecule has 1 atom stereocenters. The summed E-state index contributed by atoms with van der Waals surface area (Å²) < 4.78 is 4.80. The number of hydrogen-bond donors (Lipinski definition) is 1. The van der Waals surface area contributed by atoms with Gasteiger partial charge in [0.2, 0.25) is 0 Å². The van der Waals surface area contributed by atoms with Crippen molar-refractivity contribution in [1.82, 2.24) is 0 Å². The zero-order valence-electron chi connectivity index (χ0n) is 14.9. The van der Waals surface area contributed by atoms with E-state index in [-0.39, 0.29) is 20.6 Å². The minimum atomic E-state index is -0.103. The van der Waals surface area contributed by atoms with Crippen LogP contribution in [-0.2, 0) is 20.6 Å². The fourth-order valence-electron chi connectivity index (χ4n) is 2.60. The van der Waals surface area contributed by atoms with Crippen LogP contribution in [0.2, 0.25) is 0 Å². The summed E-state index contributed by atoms with van der Waals surface area (Å²) >= 11 is 0. The number of nitrogens with zero attached hydrogens (tertiary/aromatic N) is 1. The van der Waals surface area contributed by atoms with Gasteiger partial charge in [0.1, 0.15) is 5.75 Å². The maximum absolute atomic E-state index is 10.8. The molecule has 22 heavy (non-hydrogen) atoms. The molecule has 2 nitrogen and oxygen atoms in total. The van der Waals surface area contributed by atoms with Gasteiger partial charge in [-0.05, 0) is 50.4 Å². The second-order valence-corrected chi connectivity index (χ2v) is 11.7. The molecule has 0 aliphatic carbocycles. The molecular weight excluding hydrogens is 310 g/mol. The lowest BCUT2D eigenvalue weighted by Gasteiger charge is -2.28. The maximum atomic E-state index is 10.8. The van der Waals surface area contributed by atoms with E-state index < -0.39 is 0 Å². The van der Waals surface area contributed by atoms with Crippen LogP contribution < -0.4 is 0 Å². The van der Waals surface area contributed by atoms with Crippen LogP contribution in [0.25, 0.3) is 5.70 Å². The Morgan fingerprint density at radius 3 is 1.77 bits per heavy atom. The highest BCUT2D eigenvalue weighted by molar-refractivity contribution is 8.71. The fraction of sp³-hybridized carbons (Fsp3) is 0.556. The molecule has 0 bridgehead atoms. The van der Waals surface area contributed by atoms with Gasteiger partial charge >= 0.3 is 0 Å². The first kappa shape index (κ1) is 17.6. The summed E-state index contributed by atoms with van der Waals surface area (Å²) in [5.74, 6) is 0.433. The molecule has 0 amide bonds. The number of benzene rings is 1. The standard InChI is InChI=1S/C18H27NOS2/c1-11-15(19-22(8)21-11)12-9-13(17(2,3)4)16(20)14(10-12)18(5,6)7/h9-10,20H,1-8H3. The first-order valence-corrected chi connectivity index (χ1v) is 10.5. The Morgan fingerprint density at radius 1 is 1.00 bits per heavy atom. The van der Waals surface area contributed by atoms with Gasteiger partial charge in [0.05, 0.1) is 5.70 Å². The van der Waals surface area contributed by atoms with E-state index in [1.165, 1.54) is 4.91 Å². The highest BCUT2D eigenvalue weighted by Gasteiger charge is 2.28. The zero-order valence-corrected chi connectivity index (χ0v) is 16.5. The Labute approximate surface area is 140 Å². The van der Waals surface area contributed by atoms with E-state index in [4.69, 9.17) is 4.36 Å². The highest BCUT2D eigenvalue weighted by Crippen LogP contribution is 2.44. The van der Waals surface area contributed by atoms with E-state index in [2.05, 4.69) is 66.9 Å². The normalized spacial score (nSPS) is 19.5. The van der Waals surface area contributed by atoms with Gasteiger partial charge in [0, 0.05) is 27.9 Å². The number of phenolic OH excluding ortho intramolecular Hbond substituents is 1. The van der Waals surface area contributed by atoms with Crippen LogP contribution in [0.5, 0.6) is 5.75 Å². The third-order valence-electron chi connectivity index (χ3n) is 3.80. The molecule has 0 fully saturated rings. The predicted molar refractivity (Wildman–Crippen MR) is 101 cm³/mol. The van der Waals surface area contributed by atoms with Crippen LogP contribution in [0, 0.1) is 0 Å². The van der Waals surface area contributed by atoms with Crippen molar-refractivity contribution in [2.45, 2.75) is 59.3 Å². The lowest BCUT2D eigenvalue weighted by molar-refractivity contribution is 0.423. The van der Waals surface area contributed by atoms with Gasteiger partial charge in [-0.25, -0.2) is 4.36 Å². The molecule has 1 aliphatic rings. The molecule has 1 heterocycles. The summed E-state index contributed by atoms with van der Waals surface area (Å²) in [6.45, 7) is 15.0. The molecule has 1 unspecified atom stereocenters. The number of phenols is 1. The molecule has 0 saturated heterocycles.